The fourth-order valence-electron chi connectivity index (χ4n) is 1.67. The molecule has 0 saturated heterocycles. The van der Waals surface area contributed by atoms with Crippen molar-refractivity contribution in [3.05, 3.63) is 28.8 Å². The third-order valence-corrected chi connectivity index (χ3v) is 3.01. The zero-order chi connectivity index (χ0) is 15.0. The van der Waals surface area contributed by atoms with E-state index in [2.05, 4.69) is 23.5 Å². The van der Waals surface area contributed by atoms with Crippen LogP contribution in [0.4, 0.5) is 0 Å². The topological polar surface area (TPSA) is 50.4 Å². The molecule has 20 heavy (non-hydrogen) atoms. The molecule has 1 aromatic rings. The summed E-state index contributed by atoms with van der Waals surface area (Å²) in [5, 5.41) is 6.30. The molecule has 1 amide bonds. The van der Waals surface area contributed by atoms with Gasteiger partial charge in [0.2, 0.25) is 0 Å². The zero-order valence-corrected chi connectivity index (χ0v) is 12.5. The second-order valence-corrected chi connectivity index (χ2v) is 4.65. The maximum absolute atomic E-state index is 11.4. The Morgan fingerprint density at radius 2 is 2.30 bits per heavy atom. The summed E-state index contributed by atoms with van der Waals surface area (Å²) in [6, 6.07) is 5.74. The minimum Gasteiger partial charge on any atom is -0.482 e. The highest BCUT2D eigenvalue weighted by Gasteiger charge is 2.09. The largest absolute Gasteiger partial charge is 0.482 e. The average molecular weight is 295 g/mol. The summed E-state index contributed by atoms with van der Waals surface area (Å²) in [4.78, 5) is 11.4. The Labute approximate surface area is 124 Å². The number of halogens is 1. The Morgan fingerprint density at radius 1 is 1.55 bits per heavy atom. The van der Waals surface area contributed by atoms with Crippen molar-refractivity contribution in [2.45, 2.75) is 19.9 Å². The third-order valence-electron chi connectivity index (χ3n) is 2.71. The number of ether oxygens (including phenoxy) is 1. The molecular formula is C15H19ClN2O2. The third kappa shape index (κ3) is 5.12. The van der Waals surface area contributed by atoms with Crippen molar-refractivity contribution in [3.8, 4) is 18.1 Å². The molecule has 0 aliphatic rings. The first kappa shape index (κ1) is 16.4. The highest BCUT2D eigenvalue weighted by Crippen LogP contribution is 2.27. The molecule has 1 aromatic carbocycles. The lowest BCUT2D eigenvalue weighted by Gasteiger charge is -2.14. The number of carbonyl (C=O) groups is 1. The van der Waals surface area contributed by atoms with E-state index in [-0.39, 0.29) is 25.1 Å². The van der Waals surface area contributed by atoms with E-state index in [1.54, 1.807) is 6.07 Å². The average Bonchev–Trinajstić information content (AvgIpc) is 2.43. The number of rotatable bonds is 7. The molecule has 1 unspecified atom stereocenters. The van der Waals surface area contributed by atoms with Crippen LogP contribution in [0, 0.1) is 12.3 Å². The molecule has 0 bridgehead atoms. The summed E-state index contributed by atoms with van der Waals surface area (Å²) < 4.78 is 5.36. The predicted molar refractivity (Wildman–Crippen MR) is 80.9 cm³/mol. The van der Waals surface area contributed by atoms with Gasteiger partial charge in [-0.25, -0.2) is 0 Å². The van der Waals surface area contributed by atoms with Gasteiger partial charge < -0.3 is 15.4 Å². The summed E-state index contributed by atoms with van der Waals surface area (Å²) in [6.45, 7) is 5.07. The second kappa shape index (κ2) is 8.47. The van der Waals surface area contributed by atoms with Gasteiger partial charge in [0.15, 0.2) is 6.61 Å². The van der Waals surface area contributed by atoms with Gasteiger partial charge in [-0.1, -0.05) is 30.5 Å². The first-order valence-corrected chi connectivity index (χ1v) is 6.82. The van der Waals surface area contributed by atoms with Gasteiger partial charge >= 0.3 is 0 Å². The molecule has 4 nitrogen and oxygen atoms in total. The molecule has 0 fully saturated rings. The van der Waals surface area contributed by atoms with Crippen LogP contribution in [0.25, 0.3) is 0 Å². The van der Waals surface area contributed by atoms with E-state index in [1.807, 2.05) is 19.1 Å². The molecule has 0 spiro atoms. The Morgan fingerprint density at radius 3 is 2.90 bits per heavy atom. The van der Waals surface area contributed by atoms with E-state index in [0.29, 0.717) is 10.8 Å². The quantitative estimate of drug-likeness (QED) is 0.758. The van der Waals surface area contributed by atoms with Gasteiger partial charge in [-0.05, 0) is 31.2 Å². The number of nitrogens with one attached hydrogen (secondary N) is 2. The Balaban J connectivity index is 2.60. The van der Waals surface area contributed by atoms with Gasteiger partial charge in [0.25, 0.3) is 5.91 Å². The van der Waals surface area contributed by atoms with Crippen LogP contribution in [0.1, 0.15) is 25.5 Å². The second-order valence-electron chi connectivity index (χ2n) is 4.24. The smallest absolute Gasteiger partial charge is 0.258 e. The molecule has 108 valence electrons. The van der Waals surface area contributed by atoms with Crippen molar-refractivity contribution < 1.29 is 9.53 Å². The monoisotopic (exact) mass is 294 g/mol. The fraction of sp³-hybridized carbons (Fsp3) is 0.400. The number of hydrogen-bond donors (Lipinski definition) is 2. The van der Waals surface area contributed by atoms with E-state index in [4.69, 9.17) is 22.8 Å². The lowest BCUT2D eigenvalue weighted by atomic mass is 10.1. The SMILES string of the molecule is C#CCNC(=O)COc1ccc(C(C)NCC)cc1Cl. The lowest BCUT2D eigenvalue weighted by molar-refractivity contribution is -0.122. The van der Waals surface area contributed by atoms with Crippen molar-refractivity contribution >= 4 is 17.5 Å². The Kier molecular flexibility index (Phi) is 6.92. The summed E-state index contributed by atoms with van der Waals surface area (Å²) in [5.41, 5.74) is 1.07. The number of benzene rings is 1. The zero-order valence-electron chi connectivity index (χ0n) is 11.7. The van der Waals surface area contributed by atoms with Crippen LogP contribution in [0.15, 0.2) is 18.2 Å². The van der Waals surface area contributed by atoms with Crippen LogP contribution in [0.2, 0.25) is 5.02 Å². The highest BCUT2D eigenvalue weighted by molar-refractivity contribution is 6.32. The standard InChI is InChI=1S/C15H19ClN2O2/c1-4-8-18-15(19)10-20-14-7-6-12(9-13(14)16)11(3)17-5-2/h1,6-7,9,11,17H,5,8,10H2,2-3H3,(H,18,19). The number of amides is 1. The molecule has 1 rings (SSSR count). The van der Waals surface area contributed by atoms with Gasteiger partial charge in [0.1, 0.15) is 5.75 Å². The molecule has 0 aliphatic carbocycles. The summed E-state index contributed by atoms with van der Waals surface area (Å²) in [6.07, 6.45) is 5.05. The molecule has 0 aromatic heterocycles. The van der Waals surface area contributed by atoms with Gasteiger partial charge in [-0.3, -0.25) is 4.79 Å². The highest BCUT2D eigenvalue weighted by atomic mass is 35.5. The molecule has 0 heterocycles. The Bertz CT molecular complexity index is 497. The molecule has 0 aliphatic heterocycles. The van der Waals surface area contributed by atoms with Gasteiger partial charge in [-0.15, -0.1) is 6.42 Å². The minimum atomic E-state index is -0.274. The van der Waals surface area contributed by atoms with Crippen LogP contribution in [0.5, 0.6) is 5.75 Å². The van der Waals surface area contributed by atoms with Gasteiger partial charge in [0.05, 0.1) is 11.6 Å². The number of hydrogen-bond acceptors (Lipinski definition) is 3. The number of carbonyl (C=O) groups excluding carboxylic acids is 1. The maximum Gasteiger partial charge on any atom is 0.258 e. The van der Waals surface area contributed by atoms with Crippen molar-refractivity contribution in [2.24, 2.45) is 0 Å². The van der Waals surface area contributed by atoms with Crippen LogP contribution < -0.4 is 15.4 Å². The van der Waals surface area contributed by atoms with Crippen molar-refractivity contribution in [1.29, 1.82) is 0 Å². The predicted octanol–water partition coefficient (Wildman–Crippen LogP) is 2.14. The number of terminal acetylenes is 1. The first-order valence-electron chi connectivity index (χ1n) is 6.44. The van der Waals surface area contributed by atoms with Crippen LogP contribution in [-0.4, -0.2) is 25.6 Å². The fourth-order valence-corrected chi connectivity index (χ4v) is 1.92. The van der Waals surface area contributed by atoms with Gasteiger partial charge in [-0.2, -0.15) is 0 Å². The molecular weight excluding hydrogens is 276 g/mol. The van der Waals surface area contributed by atoms with Crippen molar-refractivity contribution in [3.63, 3.8) is 0 Å². The summed E-state index contributed by atoms with van der Waals surface area (Å²) >= 11 is 6.14. The summed E-state index contributed by atoms with van der Waals surface area (Å²) in [5.74, 6) is 2.53. The maximum atomic E-state index is 11.4. The lowest BCUT2D eigenvalue weighted by Crippen LogP contribution is -2.29. The minimum absolute atomic E-state index is 0.108. The molecule has 0 radical (unpaired) electrons. The van der Waals surface area contributed by atoms with Crippen LogP contribution in [-0.2, 0) is 4.79 Å². The summed E-state index contributed by atoms with van der Waals surface area (Å²) in [7, 11) is 0. The Hall–Kier alpha value is -1.70. The van der Waals surface area contributed by atoms with Crippen molar-refractivity contribution in [1.82, 2.24) is 10.6 Å². The molecule has 5 heteroatoms. The van der Waals surface area contributed by atoms with E-state index < -0.39 is 0 Å². The van der Waals surface area contributed by atoms with Gasteiger partial charge in [0, 0.05) is 6.04 Å². The van der Waals surface area contributed by atoms with Crippen LogP contribution >= 0.6 is 11.6 Å². The van der Waals surface area contributed by atoms with Crippen molar-refractivity contribution in [2.75, 3.05) is 19.7 Å². The molecule has 2 N–H and O–H groups in total. The van der Waals surface area contributed by atoms with E-state index in [1.165, 1.54) is 0 Å². The normalized spacial score (nSPS) is 11.5. The first-order chi connectivity index (χ1) is 9.58. The molecule has 0 saturated carbocycles. The van der Waals surface area contributed by atoms with Crippen LogP contribution in [0.3, 0.4) is 0 Å². The van der Waals surface area contributed by atoms with E-state index in [0.717, 1.165) is 12.1 Å². The molecule has 1 atom stereocenters. The van der Waals surface area contributed by atoms with E-state index >= 15 is 0 Å². The van der Waals surface area contributed by atoms with E-state index in [9.17, 15) is 4.79 Å².